The van der Waals surface area contributed by atoms with Gasteiger partial charge >= 0.3 is 0 Å². The third kappa shape index (κ3) is 5.54. The number of nitrogens with one attached hydrogen (secondary N) is 1. The van der Waals surface area contributed by atoms with Crippen LogP contribution in [0.2, 0.25) is 0 Å². The van der Waals surface area contributed by atoms with Crippen molar-refractivity contribution >= 4 is 21.9 Å². The van der Waals surface area contributed by atoms with Gasteiger partial charge in [0.05, 0.1) is 4.90 Å². The van der Waals surface area contributed by atoms with Gasteiger partial charge in [0.2, 0.25) is 21.9 Å². The normalized spacial score (nSPS) is 16.0. The molecule has 0 bridgehead atoms. The summed E-state index contributed by atoms with van der Waals surface area (Å²) in [5, 5.41) is 0. The topological polar surface area (TPSA) is 95.5 Å². The Morgan fingerprint density at radius 1 is 1.07 bits per heavy atom. The van der Waals surface area contributed by atoms with Crippen LogP contribution in [0.15, 0.2) is 47.6 Å². The maximum atomic E-state index is 13.2. The number of anilines is 1. The molecule has 8 nitrogen and oxygen atoms in total. The molecule has 1 aromatic carbocycles. The van der Waals surface area contributed by atoms with Crippen LogP contribution < -0.4 is 9.62 Å². The zero-order chi connectivity index (χ0) is 21.7. The number of hydrogen-bond donors (Lipinski definition) is 1. The van der Waals surface area contributed by atoms with Gasteiger partial charge in [-0.15, -0.1) is 0 Å². The maximum Gasteiger partial charge on any atom is 0.241 e. The number of amides is 1. The molecule has 30 heavy (non-hydrogen) atoms. The fourth-order valence-corrected chi connectivity index (χ4v) is 4.65. The van der Waals surface area contributed by atoms with Crippen molar-refractivity contribution in [2.24, 2.45) is 5.92 Å². The molecule has 1 fully saturated rings. The standard InChI is InChI=1S/C21H29N5O3S/c1-16(2)15-19(24-30(28,29)18-7-5-17(3)6-8-18)20(27)25-11-13-26(14-12-25)21-22-9-4-10-23-21/h4-10,16,19,24H,11-15H2,1-3H3. The molecule has 9 heteroatoms. The molecule has 0 aliphatic carbocycles. The van der Waals surface area contributed by atoms with Gasteiger partial charge in [-0.05, 0) is 37.5 Å². The molecular weight excluding hydrogens is 402 g/mol. The van der Waals surface area contributed by atoms with Gasteiger partial charge in [0, 0.05) is 38.6 Å². The van der Waals surface area contributed by atoms with Gasteiger partial charge in [0.15, 0.2) is 0 Å². The first-order valence-electron chi connectivity index (χ1n) is 10.2. The van der Waals surface area contributed by atoms with E-state index in [0.717, 1.165) is 5.56 Å². The van der Waals surface area contributed by atoms with Crippen LogP contribution in [-0.2, 0) is 14.8 Å². The highest BCUT2D eigenvalue weighted by molar-refractivity contribution is 7.89. The number of hydrogen-bond acceptors (Lipinski definition) is 6. The number of rotatable bonds is 7. The highest BCUT2D eigenvalue weighted by atomic mass is 32.2. The van der Waals surface area contributed by atoms with Crippen LogP contribution >= 0.6 is 0 Å². The van der Waals surface area contributed by atoms with Crippen molar-refractivity contribution in [3.05, 3.63) is 48.3 Å². The number of sulfonamides is 1. The fourth-order valence-electron chi connectivity index (χ4n) is 3.45. The molecule has 162 valence electrons. The highest BCUT2D eigenvalue weighted by Crippen LogP contribution is 2.16. The lowest BCUT2D eigenvalue weighted by atomic mass is 10.0. The van der Waals surface area contributed by atoms with E-state index in [4.69, 9.17) is 0 Å². The maximum absolute atomic E-state index is 13.2. The van der Waals surface area contributed by atoms with E-state index in [1.54, 1.807) is 47.6 Å². The largest absolute Gasteiger partial charge is 0.338 e. The van der Waals surface area contributed by atoms with Crippen LogP contribution in [0.3, 0.4) is 0 Å². The summed E-state index contributed by atoms with van der Waals surface area (Å²) in [6, 6.07) is 7.59. The Kier molecular flexibility index (Phi) is 7.04. The van der Waals surface area contributed by atoms with Gasteiger partial charge in [0.25, 0.3) is 0 Å². The highest BCUT2D eigenvalue weighted by Gasteiger charge is 2.32. The molecule has 1 amide bonds. The number of carbonyl (C=O) groups excluding carboxylic acids is 1. The summed E-state index contributed by atoms with van der Waals surface area (Å²) in [6.45, 7) is 8.06. The smallest absolute Gasteiger partial charge is 0.241 e. The Hall–Kier alpha value is -2.52. The van der Waals surface area contributed by atoms with Crippen LogP contribution in [0.4, 0.5) is 5.95 Å². The van der Waals surface area contributed by atoms with Crippen molar-refractivity contribution in [2.75, 3.05) is 31.1 Å². The zero-order valence-corrected chi connectivity index (χ0v) is 18.5. The molecule has 0 spiro atoms. The number of piperazine rings is 1. The lowest BCUT2D eigenvalue weighted by Gasteiger charge is -2.36. The summed E-state index contributed by atoms with van der Waals surface area (Å²) in [5.41, 5.74) is 0.976. The molecule has 0 radical (unpaired) electrons. The van der Waals surface area contributed by atoms with Gasteiger partial charge in [-0.3, -0.25) is 4.79 Å². The number of carbonyl (C=O) groups is 1. The molecule has 1 unspecified atom stereocenters. The van der Waals surface area contributed by atoms with E-state index in [-0.39, 0.29) is 16.7 Å². The minimum atomic E-state index is -3.79. The third-order valence-corrected chi connectivity index (χ3v) is 6.55. The number of benzene rings is 1. The molecule has 1 aromatic heterocycles. The van der Waals surface area contributed by atoms with E-state index in [1.807, 2.05) is 25.7 Å². The van der Waals surface area contributed by atoms with Crippen molar-refractivity contribution in [1.82, 2.24) is 19.6 Å². The summed E-state index contributed by atoms with van der Waals surface area (Å²) >= 11 is 0. The minimum Gasteiger partial charge on any atom is -0.338 e. The lowest BCUT2D eigenvalue weighted by molar-refractivity contribution is -0.133. The van der Waals surface area contributed by atoms with Gasteiger partial charge in [-0.2, -0.15) is 4.72 Å². The minimum absolute atomic E-state index is 0.165. The SMILES string of the molecule is Cc1ccc(S(=O)(=O)NC(CC(C)C)C(=O)N2CCN(c3ncccn3)CC2)cc1. The van der Waals surface area contributed by atoms with E-state index >= 15 is 0 Å². The number of aromatic nitrogens is 2. The van der Waals surface area contributed by atoms with E-state index < -0.39 is 16.1 Å². The first-order chi connectivity index (χ1) is 14.3. The second-order valence-corrected chi connectivity index (χ2v) is 9.69. The zero-order valence-electron chi connectivity index (χ0n) is 17.7. The van der Waals surface area contributed by atoms with Gasteiger partial charge in [0.1, 0.15) is 6.04 Å². The fraction of sp³-hybridized carbons (Fsp3) is 0.476. The summed E-state index contributed by atoms with van der Waals surface area (Å²) in [5.74, 6) is 0.620. The summed E-state index contributed by atoms with van der Waals surface area (Å²) in [4.78, 5) is 25.6. The quantitative estimate of drug-likeness (QED) is 0.719. The van der Waals surface area contributed by atoms with Crippen LogP contribution in [-0.4, -0.2) is 61.4 Å². The Morgan fingerprint density at radius 3 is 2.23 bits per heavy atom. The van der Waals surface area contributed by atoms with E-state index in [2.05, 4.69) is 14.7 Å². The van der Waals surface area contributed by atoms with Gasteiger partial charge in [-0.1, -0.05) is 31.5 Å². The molecule has 0 saturated carbocycles. The molecular formula is C21H29N5O3S. The first kappa shape index (κ1) is 22.2. The molecule has 1 saturated heterocycles. The Morgan fingerprint density at radius 2 is 1.67 bits per heavy atom. The summed E-state index contributed by atoms with van der Waals surface area (Å²) < 4.78 is 28.3. The van der Waals surface area contributed by atoms with Crippen molar-refractivity contribution in [2.45, 2.75) is 38.1 Å². The van der Waals surface area contributed by atoms with Gasteiger partial charge < -0.3 is 9.80 Å². The average Bonchev–Trinajstić information content (AvgIpc) is 2.73. The summed E-state index contributed by atoms with van der Waals surface area (Å²) in [6.07, 6.45) is 3.82. The van der Waals surface area contributed by atoms with E-state index in [0.29, 0.717) is 38.5 Å². The predicted molar refractivity (Wildman–Crippen MR) is 116 cm³/mol. The number of aryl methyl sites for hydroxylation is 1. The van der Waals surface area contributed by atoms with E-state index in [1.165, 1.54) is 0 Å². The predicted octanol–water partition coefficient (Wildman–Crippen LogP) is 1.83. The van der Waals surface area contributed by atoms with Crippen LogP contribution in [0, 0.1) is 12.8 Å². The van der Waals surface area contributed by atoms with Crippen LogP contribution in [0.25, 0.3) is 0 Å². The Labute approximate surface area is 178 Å². The third-order valence-electron chi connectivity index (χ3n) is 5.06. The molecule has 1 N–H and O–H groups in total. The lowest BCUT2D eigenvalue weighted by Crippen LogP contribution is -2.55. The van der Waals surface area contributed by atoms with Crippen molar-refractivity contribution < 1.29 is 13.2 Å². The van der Waals surface area contributed by atoms with Crippen molar-refractivity contribution in [1.29, 1.82) is 0 Å². The molecule has 1 aliphatic rings. The molecule has 3 rings (SSSR count). The van der Waals surface area contributed by atoms with Gasteiger partial charge in [-0.25, -0.2) is 18.4 Å². The van der Waals surface area contributed by atoms with Crippen LogP contribution in [0.1, 0.15) is 25.8 Å². The molecule has 1 aliphatic heterocycles. The molecule has 2 heterocycles. The van der Waals surface area contributed by atoms with Crippen molar-refractivity contribution in [3.8, 4) is 0 Å². The Balaban J connectivity index is 1.69. The Bertz CT molecular complexity index is 940. The molecule has 2 aromatic rings. The number of nitrogens with zero attached hydrogens (tertiary/aromatic N) is 4. The first-order valence-corrected chi connectivity index (χ1v) is 11.6. The average molecular weight is 432 g/mol. The van der Waals surface area contributed by atoms with Crippen LogP contribution in [0.5, 0.6) is 0 Å². The monoisotopic (exact) mass is 431 g/mol. The second-order valence-electron chi connectivity index (χ2n) is 7.98. The summed E-state index contributed by atoms with van der Waals surface area (Å²) in [7, 11) is -3.79. The van der Waals surface area contributed by atoms with Crippen molar-refractivity contribution in [3.63, 3.8) is 0 Å². The van der Waals surface area contributed by atoms with E-state index in [9.17, 15) is 13.2 Å². The molecule has 1 atom stereocenters. The second kappa shape index (κ2) is 9.53.